The zero-order valence-corrected chi connectivity index (χ0v) is 12.5. The van der Waals surface area contributed by atoms with Crippen molar-refractivity contribution in [1.29, 1.82) is 0 Å². The van der Waals surface area contributed by atoms with Crippen LogP contribution in [0, 0.1) is 5.92 Å². The molecular formula is C17H21ClN2. The van der Waals surface area contributed by atoms with Crippen LogP contribution in [0.25, 0.3) is 10.9 Å². The molecule has 0 radical (unpaired) electrons. The maximum absolute atomic E-state index is 5.89. The second kappa shape index (κ2) is 6.55. The lowest BCUT2D eigenvalue weighted by Gasteiger charge is -2.32. The standard InChI is InChI=1S/C17H21ClN2/c18-9-8-14-4-3-11-20(12-14)13-16-6-1-5-15-7-2-10-19-17(15)16/h1-2,5-7,10,14H,3-4,8-9,11-13H2. The monoisotopic (exact) mass is 288 g/mol. The van der Waals surface area contributed by atoms with Crippen molar-refractivity contribution in [3.05, 3.63) is 42.1 Å². The SMILES string of the molecule is ClCCC1CCCN(Cc2cccc3cccnc23)C1. The Morgan fingerprint density at radius 3 is 3.05 bits per heavy atom. The molecule has 1 aromatic carbocycles. The van der Waals surface area contributed by atoms with Crippen molar-refractivity contribution in [2.45, 2.75) is 25.8 Å². The molecule has 3 heteroatoms. The number of nitrogens with zero attached hydrogens (tertiary/aromatic N) is 2. The number of pyridine rings is 1. The van der Waals surface area contributed by atoms with Crippen LogP contribution in [-0.2, 0) is 6.54 Å². The van der Waals surface area contributed by atoms with E-state index < -0.39 is 0 Å². The van der Waals surface area contributed by atoms with Crippen LogP contribution in [0.2, 0.25) is 0 Å². The largest absolute Gasteiger partial charge is 0.299 e. The number of halogens is 1. The number of likely N-dealkylation sites (tertiary alicyclic amines) is 1. The highest BCUT2D eigenvalue weighted by molar-refractivity contribution is 6.17. The second-order valence-corrected chi connectivity index (χ2v) is 6.09. The van der Waals surface area contributed by atoms with Crippen molar-refractivity contribution in [1.82, 2.24) is 9.88 Å². The Labute approximate surface area is 125 Å². The molecule has 1 saturated heterocycles. The molecule has 0 saturated carbocycles. The number of alkyl halides is 1. The van der Waals surface area contributed by atoms with E-state index in [9.17, 15) is 0 Å². The number of benzene rings is 1. The van der Waals surface area contributed by atoms with E-state index in [2.05, 4.69) is 34.1 Å². The fourth-order valence-electron chi connectivity index (χ4n) is 3.22. The Bertz CT molecular complexity index is 562. The van der Waals surface area contributed by atoms with Crippen molar-refractivity contribution < 1.29 is 0 Å². The number of piperidine rings is 1. The van der Waals surface area contributed by atoms with E-state index in [0.717, 1.165) is 30.3 Å². The maximum atomic E-state index is 5.89. The van der Waals surface area contributed by atoms with Crippen LogP contribution in [-0.4, -0.2) is 28.9 Å². The second-order valence-electron chi connectivity index (χ2n) is 5.71. The van der Waals surface area contributed by atoms with Gasteiger partial charge in [-0.15, -0.1) is 11.6 Å². The van der Waals surface area contributed by atoms with Crippen LogP contribution < -0.4 is 0 Å². The molecule has 20 heavy (non-hydrogen) atoms. The molecule has 106 valence electrons. The molecule has 1 atom stereocenters. The molecule has 0 spiro atoms. The summed E-state index contributed by atoms with van der Waals surface area (Å²) in [4.78, 5) is 7.11. The van der Waals surface area contributed by atoms with Gasteiger partial charge in [0, 0.05) is 30.6 Å². The summed E-state index contributed by atoms with van der Waals surface area (Å²) in [6.07, 6.45) is 5.65. The van der Waals surface area contributed by atoms with Gasteiger partial charge in [0.1, 0.15) is 0 Å². The van der Waals surface area contributed by atoms with Gasteiger partial charge < -0.3 is 0 Å². The molecule has 0 amide bonds. The number of para-hydroxylation sites is 1. The summed E-state index contributed by atoms with van der Waals surface area (Å²) in [5.41, 5.74) is 2.49. The predicted molar refractivity (Wildman–Crippen MR) is 85.1 cm³/mol. The van der Waals surface area contributed by atoms with E-state index >= 15 is 0 Å². The molecular weight excluding hydrogens is 268 g/mol. The van der Waals surface area contributed by atoms with Gasteiger partial charge in [-0.1, -0.05) is 24.3 Å². The lowest BCUT2D eigenvalue weighted by Crippen LogP contribution is -2.35. The minimum Gasteiger partial charge on any atom is -0.299 e. The fraction of sp³-hybridized carbons (Fsp3) is 0.471. The molecule has 1 aromatic heterocycles. The smallest absolute Gasteiger partial charge is 0.0746 e. The number of aromatic nitrogens is 1. The summed E-state index contributed by atoms with van der Waals surface area (Å²) in [6.45, 7) is 3.38. The van der Waals surface area contributed by atoms with Crippen molar-refractivity contribution >= 4 is 22.5 Å². The summed E-state index contributed by atoms with van der Waals surface area (Å²) < 4.78 is 0. The molecule has 0 bridgehead atoms. The normalized spacial score (nSPS) is 20.4. The van der Waals surface area contributed by atoms with Gasteiger partial charge in [0.2, 0.25) is 0 Å². The topological polar surface area (TPSA) is 16.1 Å². The van der Waals surface area contributed by atoms with E-state index in [4.69, 9.17) is 11.6 Å². The summed E-state index contributed by atoms with van der Waals surface area (Å²) in [6, 6.07) is 10.6. The van der Waals surface area contributed by atoms with Gasteiger partial charge >= 0.3 is 0 Å². The lowest BCUT2D eigenvalue weighted by atomic mass is 9.95. The van der Waals surface area contributed by atoms with E-state index in [1.165, 1.54) is 36.9 Å². The predicted octanol–water partition coefficient (Wildman–Crippen LogP) is 4.08. The molecule has 0 aliphatic carbocycles. The van der Waals surface area contributed by atoms with Gasteiger partial charge in [0.05, 0.1) is 5.52 Å². The Kier molecular flexibility index (Phi) is 4.54. The van der Waals surface area contributed by atoms with Gasteiger partial charge in [-0.2, -0.15) is 0 Å². The van der Waals surface area contributed by atoms with Gasteiger partial charge in [-0.3, -0.25) is 9.88 Å². The van der Waals surface area contributed by atoms with Crippen LogP contribution in [0.3, 0.4) is 0 Å². The van der Waals surface area contributed by atoms with E-state index in [-0.39, 0.29) is 0 Å². The highest BCUT2D eigenvalue weighted by atomic mass is 35.5. The minimum atomic E-state index is 0.768. The quantitative estimate of drug-likeness (QED) is 0.788. The molecule has 1 aliphatic heterocycles. The summed E-state index contributed by atoms with van der Waals surface area (Å²) in [5.74, 6) is 1.55. The van der Waals surface area contributed by atoms with Gasteiger partial charge in [0.25, 0.3) is 0 Å². The molecule has 2 nitrogen and oxygen atoms in total. The third kappa shape index (κ3) is 3.13. The Hall–Kier alpha value is -1.12. The van der Waals surface area contributed by atoms with Gasteiger partial charge in [-0.05, 0) is 43.4 Å². The van der Waals surface area contributed by atoms with E-state index in [1.807, 2.05) is 12.3 Å². The van der Waals surface area contributed by atoms with Gasteiger partial charge in [-0.25, -0.2) is 0 Å². The van der Waals surface area contributed by atoms with Crippen LogP contribution in [0.1, 0.15) is 24.8 Å². The third-order valence-corrected chi connectivity index (χ3v) is 4.45. The highest BCUT2D eigenvalue weighted by Gasteiger charge is 2.20. The average Bonchev–Trinajstić information content (AvgIpc) is 2.48. The lowest BCUT2D eigenvalue weighted by molar-refractivity contribution is 0.165. The van der Waals surface area contributed by atoms with Crippen molar-refractivity contribution in [2.75, 3.05) is 19.0 Å². The first-order valence-electron chi connectivity index (χ1n) is 7.48. The first kappa shape index (κ1) is 13.8. The molecule has 3 rings (SSSR count). The minimum absolute atomic E-state index is 0.768. The first-order chi connectivity index (χ1) is 9.86. The molecule has 1 aliphatic rings. The van der Waals surface area contributed by atoms with Crippen LogP contribution in [0.5, 0.6) is 0 Å². The van der Waals surface area contributed by atoms with Crippen molar-refractivity contribution in [3.63, 3.8) is 0 Å². The number of fused-ring (bicyclic) bond motifs is 1. The van der Waals surface area contributed by atoms with Crippen LogP contribution in [0.15, 0.2) is 36.5 Å². The molecule has 1 unspecified atom stereocenters. The van der Waals surface area contributed by atoms with Crippen LogP contribution >= 0.6 is 11.6 Å². The summed E-state index contributed by atoms with van der Waals surface area (Å²) in [5, 5.41) is 1.24. The molecule has 2 aromatic rings. The fourth-order valence-corrected chi connectivity index (χ4v) is 3.53. The number of hydrogen-bond donors (Lipinski definition) is 0. The molecule has 2 heterocycles. The van der Waals surface area contributed by atoms with Crippen LogP contribution in [0.4, 0.5) is 0 Å². The Morgan fingerprint density at radius 2 is 2.15 bits per heavy atom. The zero-order chi connectivity index (χ0) is 13.8. The highest BCUT2D eigenvalue weighted by Crippen LogP contribution is 2.23. The van der Waals surface area contributed by atoms with Crippen molar-refractivity contribution in [2.24, 2.45) is 5.92 Å². The van der Waals surface area contributed by atoms with Gasteiger partial charge in [0.15, 0.2) is 0 Å². The third-order valence-electron chi connectivity index (χ3n) is 4.23. The first-order valence-corrected chi connectivity index (χ1v) is 8.01. The maximum Gasteiger partial charge on any atom is 0.0746 e. The summed E-state index contributed by atoms with van der Waals surface area (Å²) in [7, 11) is 0. The molecule has 0 N–H and O–H groups in total. The zero-order valence-electron chi connectivity index (χ0n) is 11.8. The Morgan fingerprint density at radius 1 is 1.25 bits per heavy atom. The number of rotatable bonds is 4. The average molecular weight is 289 g/mol. The Balaban J connectivity index is 1.76. The molecule has 1 fully saturated rings. The van der Waals surface area contributed by atoms with E-state index in [0.29, 0.717) is 0 Å². The number of hydrogen-bond acceptors (Lipinski definition) is 2. The van der Waals surface area contributed by atoms with E-state index in [1.54, 1.807) is 0 Å². The van der Waals surface area contributed by atoms with Crippen molar-refractivity contribution in [3.8, 4) is 0 Å². The summed E-state index contributed by atoms with van der Waals surface area (Å²) >= 11 is 5.89.